The molecule has 1 saturated heterocycles. The van der Waals surface area contributed by atoms with Crippen LogP contribution in [-0.4, -0.2) is 54.3 Å². The lowest BCUT2D eigenvalue weighted by molar-refractivity contribution is -0.140. The monoisotopic (exact) mass is 273 g/mol. The average Bonchev–Trinajstić information content (AvgIpc) is 2.74. The Labute approximate surface area is 111 Å². The quantitative estimate of drug-likeness (QED) is 0.373. The number of esters is 1. The van der Waals surface area contributed by atoms with Crippen LogP contribution in [0.3, 0.4) is 0 Å². The maximum absolute atomic E-state index is 11.5. The molecule has 0 N–H and O–H groups in total. The van der Waals surface area contributed by atoms with Crippen molar-refractivity contribution in [3.8, 4) is 0 Å². The molecule has 0 aliphatic carbocycles. The lowest BCUT2D eigenvalue weighted by Crippen LogP contribution is -2.35. The first kappa shape index (κ1) is 15.0. The minimum Gasteiger partial charge on any atom is -0.469 e. The van der Waals surface area contributed by atoms with Crippen molar-refractivity contribution in [1.29, 1.82) is 0 Å². The third kappa shape index (κ3) is 4.68. The van der Waals surface area contributed by atoms with E-state index in [-0.39, 0.29) is 17.9 Å². The Hall–Kier alpha value is -1.04. The largest absolute Gasteiger partial charge is 0.469 e. The second-order valence-corrected chi connectivity index (χ2v) is 5.35. The van der Waals surface area contributed by atoms with E-state index in [2.05, 4.69) is 4.74 Å². The van der Waals surface area contributed by atoms with Gasteiger partial charge in [-0.15, -0.1) is 0 Å². The molecular formula is C12H19NO4S. The number of likely N-dealkylation sites (tertiary alicyclic amines) is 1. The van der Waals surface area contributed by atoms with Crippen LogP contribution < -0.4 is 0 Å². The molecule has 0 unspecified atom stereocenters. The first-order valence-corrected chi connectivity index (χ1v) is 7.24. The van der Waals surface area contributed by atoms with Gasteiger partial charge in [0.05, 0.1) is 13.2 Å². The van der Waals surface area contributed by atoms with Gasteiger partial charge in [0.2, 0.25) is 5.91 Å². The smallest absolute Gasteiger partial charge is 0.305 e. The van der Waals surface area contributed by atoms with Gasteiger partial charge in [-0.2, -0.15) is 11.8 Å². The van der Waals surface area contributed by atoms with Crippen molar-refractivity contribution >= 4 is 29.9 Å². The SMILES string of the molecule is COC(=O)CCCSCCN1C(=O)CC[C@@H]1C=O. The summed E-state index contributed by atoms with van der Waals surface area (Å²) in [5.41, 5.74) is 0. The zero-order valence-electron chi connectivity index (χ0n) is 10.6. The summed E-state index contributed by atoms with van der Waals surface area (Å²) in [6.45, 7) is 0.616. The highest BCUT2D eigenvalue weighted by Gasteiger charge is 2.29. The topological polar surface area (TPSA) is 63.7 Å². The van der Waals surface area contributed by atoms with Crippen LogP contribution in [0.5, 0.6) is 0 Å². The fourth-order valence-corrected chi connectivity index (χ4v) is 2.75. The fourth-order valence-electron chi connectivity index (χ4n) is 1.87. The highest BCUT2D eigenvalue weighted by atomic mass is 32.2. The third-order valence-electron chi connectivity index (χ3n) is 2.91. The summed E-state index contributed by atoms with van der Waals surface area (Å²) in [6, 6.07) is -0.229. The van der Waals surface area contributed by atoms with Crippen molar-refractivity contribution in [2.45, 2.75) is 31.7 Å². The molecule has 0 saturated carbocycles. The summed E-state index contributed by atoms with van der Waals surface area (Å²) in [5, 5.41) is 0. The zero-order chi connectivity index (χ0) is 13.4. The van der Waals surface area contributed by atoms with Gasteiger partial charge in [-0.05, 0) is 18.6 Å². The predicted octanol–water partition coefficient (Wildman–Crippen LogP) is 0.863. The predicted molar refractivity (Wildman–Crippen MR) is 69.4 cm³/mol. The molecular weight excluding hydrogens is 254 g/mol. The number of rotatable bonds is 8. The maximum Gasteiger partial charge on any atom is 0.305 e. The second kappa shape index (κ2) is 8.13. The summed E-state index contributed by atoms with van der Waals surface area (Å²) in [4.78, 5) is 34.8. The van der Waals surface area contributed by atoms with Crippen LogP contribution in [0.1, 0.15) is 25.7 Å². The number of thioether (sulfide) groups is 1. The molecule has 0 radical (unpaired) electrons. The molecule has 18 heavy (non-hydrogen) atoms. The summed E-state index contributed by atoms with van der Waals surface area (Å²) >= 11 is 1.69. The van der Waals surface area contributed by atoms with Crippen LogP contribution >= 0.6 is 11.8 Å². The minimum atomic E-state index is -0.229. The molecule has 0 aromatic heterocycles. The Bertz CT molecular complexity index is 308. The summed E-state index contributed by atoms with van der Waals surface area (Å²) < 4.78 is 4.54. The maximum atomic E-state index is 11.5. The first-order valence-electron chi connectivity index (χ1n) is 6.08. The highest BCUT2D eigenvalue weighted by molar-refractivity contribution is 7.99. The molecule has 5 nitrogen and oxygen atoms in total. The molecule has 1 aliphatic rings. The number of carbonyl (C=O) groups is 3. The third-order valence-corrected chi connectivity index (χ3v) is 3.95. The Morgan fingerprint density at radius 2 is 2.33 bits per heavy atom. The first-order chi connectivity index (χ1) is 8.69. The van der Waals surface area contributed by atoms with Gasteiger partial charge in [-0.1, -0.05) is 0 Å². The normalized spacial score (nSPS) is 19.1. The van der Waals surface area contributed by atoms with E-state index in [1.54, 1.807) is 16.7 Å². The van der Waals surface area contributed by atoms with Gasteiger partial charge in [0.25, 0.3) is 0 Å². The van der Waals surface area contributed by atoms with Crippen LogP contribution in [0.15, 0.2) is 0 Å². The number of ether oxygens (including phenoxy) is 1. The zero-order valence-corrected chi connectivity index (χ0v) is 11.4. The van der Waals surface area contributed by atoms with E-state index in [0.717, 1.165) is 24.2 Å². The number of hydrogen-bond donors (Lipinski definition) is 0. The van der Waals surface area contributed by atoms with Crippen molar-refractivity contribution in [3.63, 3.8) is 0 Å². The molecule has 0 aromatic carbocycles. The van der Waals surface area contributed by atoms with Crippen LogP contribution in [-0.2, 0) is 19.1 Å². The minimum absolute atomic E-state index is 0.0715. The van der Waals surface area contributed by atoms with E-state index in [1.165, 1.54) is 7.11 Å². The van der Waals surface area contributed by atoms with Gasteiger partial charge in [0, 0.05) is 25.1 Å². The van der Waals surface area contributed by atoms with Crippen molar-refractivity contribution in [3.05, 3.63) is 0 Å². The summed E-state index contributed by atoms with van der Waals surface area (Å²) in [7, 11) is 1.38. The Kier molecular flexibility index (Phi) is 6.78. The fraction of sp³-hybridized carbons (Fsp3) is 0.750. The molecule has 102 valence electrons. The molecule has 1 fully saturated rings. The Morgan fingerprint density at radius 1 is 1.56 bits per heavy atom. The van der Waals surface area contributed by atoms with Crippen molar-refractivity contribution in [2.24, 2.45) is 0 Å². The Balaban J connectivity index is 2.08. The molecule has 1 rings (SSSR count). The second-order valence-electron chi connectivity index (χ2n) is 4.12. The lowest BCUT2D eigenvalue weighted by Gasteiger charge is -2.20. The number of hydrogen-bond acceptors (Lipinski definition) is 5. The van der Waals surface area contributed by atoms with Gasteiger partial charge in [-0.3, -0.25) is 9.59 Å². The highest BCUT2D eigenvalue weighted by Crippen LogP contribution is 2.17. The molecule has 0 bridgehead atoms. The molecule has 0 aromatic rings. The van der Waals surface area contributed by atoms with E-state index < -0.39 is 0 Å². The number of aldehydes is 1. The van der Waals surface area contributed by atoms with Gasteiger partial charge < -0.3 is 14.4 Å². The molecule has 0 spiro atoms. The molecule has 1 amide bonds. The summed E-state index contributed by atoms with van der Waals surface area (Å²) in [6.07, 6.45) is 3.20. The van der Waals surface area contributed by atoms with Gasteiger partial charge in [0.15, 0.2) is 0 Å². The number of amides is 1. The molecule has 1 heterocycles. The van der Waals surface area contributed by atoms with Crippen LogP contribution in [0.4, 0.5) is 0 Å². The van der Waals surface area contributed by atoms with E-state index in [9.17, 15) is 14.4 Å². The number of nitrogens with zero attached hydrogens (tertiary/aromatic N) is 1. The van der Waals surface area contributed by atoms with Gasteiger partial charge in [0.1, 0.15) is 6.29 Å². The van der Waals surface area contributed by atoms with E-state index >= 15 is 0 Å². The molecule has 1 aliphatic heterocycles. The molecule has 1 atom stereocenters. The van der Waals surface area contributed by atoms with Crippen LogP contribution in [0.25, 0.3) is 0 Å². The van der Waals surface area contributed by atoms with E-state index in [1.807, 2.05) is 0 Å². The number of carbonyl (C=O) groups excluding carboxylic acids is 3. The van der Waals surface area contributed by atoms with Crippen molar-refractivity contribution < 1.29 is 19.1 Å². The standard InChI is InChI=1S/C12H19NO4S/c1-17-12(16)3-2-7-18-8-6-13-10(9-14)4-5-11(13)15/h9-10H,2-8H2,1H3/t10-/m1/s1. The van der Waals surface area contributed by atoms with Gasteiger partial charge >= 0.3 is 5.97 Å². The molecule has 6 heteroatoms. The Morgan fingerprint density at radius 3 is 3.00 bits per heavy atom. The van der Waals surface area contributed by atoms with E-state index in [4.69, 9.17) is 0 Å². The van der Waals surface area contributed by atoms with Crippen molar-refractivity contribution in [2.75, 3.05) is 25.2 Å². The van der Waals surface area contributed by atoms with Crippen molar-refractivity contribution in [1.82, 2.24) is 4.90 Å². The van der Waals surface area contributed by atoms with Crippen LogP contribution in [0.2, 0.25) is 0 Å². The number of methoxy groups -OCH3 is 1. The summed E-state index contributed by atoms with van der Waals surface area (Å²) in [5.74, 6) is 1.55. The lowest BCUT2D eigenvalue weighted by atomic mass is 10.2. The van der Waals surface area contributed by atoms with Gasteiger partial charge in [-0.25, -0.2) is 0 Å². The van der Waals surface area contributed by atoms with Crippen LogP contribution in [0, 0.1) is 0 Å². The average molecular weight is 273 g/mol. The van der Waals surface area contributed by atoms with E-state index in [0.29, 0.717) is 25.8 Å².